The molecule has 18 heavy (non-hydrogen) atoms. The summed E-state index contributed by atoms with van der Waals surface area (Å²) in [5.74, 6) is -1.18. The fourth-order valence-electron chi connectivity index (χ4n) is 1.06. The maximum absolute atomic E-state index is 11.1. The number of carbonyl (C=O) groups excluding carboxylic acids is 2. The van der Waals surface area contributed by atoms with E-state index < -0.39 is 17.9 Å². The van der Waals surface area contributed by atoms with Crippen LogP contribution in [-0.4, -0.2) is 47.0 Å². The van der Waals surface area contributed by atoms with Crippen molar-refractivity contribution in [3.63, 3.8) is 0 Å². The molecule has 0 rings (SSSR count). The largest absolute Gasteiger partial charge is 0.480 e. The Bertz CT molecular complexity index is 354. The molecule has 1 unspecified atom stereocenters. The molecule has 0 aromatic heterocycles. The molecule has 0 aliphatic heterocycles. The predicted molar refractivity (Wildman–Crippen MR) is 65.8 cm³/mol. The number of nitrogens with zero attached hydrogens (tertiary/aromatic N) is 1. The maximum Gasteiger partial charge on any atom is 0.326 e. The van der Waals surface area contributed by atoms with E-state index in [0.29, 0.717) is 5.75 Å². The highest BCUT2D eigenvalue weighted by atomic mass is 32.2. The number of carbonyl (C=O) groups is 3. The van der Waals surface area contributed by atoms with Crippen LogP contribution in [0.4, 0.5) is 0 Å². The van der Waals surface area contributed by atoms with E-state index in [0.717, 1.165) is 0 Å². The van der Waals surface area contributed by atoms with Crippen molar-refractivity contribution in [2.75, 3.05) is 18.1 Å². The number of hydrogen-bond acceptors (Lipinski definition) is 5. The Morgan fingerprint density at radius 3 is 2.61 bits per heavy atom. The van der Waals surface area contributed by atoms with Crippen LogP contribution in [0.25, 0.3) is 0 Å². The summed E-state index contributed by atoms with van der Waals surface area (Å²) in [5.41, 5.74) is 0. The highest BCUT2D eigenvalue weighted by Crippen LogP contribution is 2.05. The third-order valence-electron chi connectivity index (χ3n) is 1.82. The highest BCUT2D eigenvalue weighted by molar-refractivity contribution is 7.99. The molecule has 0 saturated heterocycles. The van der Waals surface area contributed by atoms with E-state index in [1.54, 1.807) is 6.07 Å². The van der Waals surface area contributed by atoms with Gasteiger partial charge in [0, 0.05) is 6.92 Å². The Hall–Kier alpha value is -1.75. The first-order valence-corrected chi connectivity index (χ1v) is 6.34. The van der Waals surface area contributed by atoms with E-state index >= 15 is 0 Å². The van der Waals surface area contributed by atoms with Gasteiger partial charge in [0.05, 0.1) is 11.8 Å². The summed E-state index contributed by atoms with van der Waals surface area (Å²) in [4.78, 5) is 32.6. The normalized spacial score (nSPS) is 11.1. The smallest absolute Gasteiger partial charge is 0.326 e. The standard InChI is InChI=1S/C10H15N3O4S/c1-7(14)13-8(10(16)17)2-5-18-6-9(15)12-4-3-11/h8H,2,4-6H2,1H3,(H,12,15)(H,13,14)(H,16,17). The molecule has 1 atom stereocenters. The highest BCUT2D eigenvalue weighted by Gasteiger charge is 2.17. The van der Waals surface area contributed by atoms with Gasteiger partial charge in [-0.1, -0.05) is 0 Å². The molecule has 0 spiro atoms. The van der Waals surface area contributed by atoms with Crippen LogP contribution in [0.5, 0.6) is 0 Å². The molecule has 0 aliphatic carbocycles. The zero-order chi connectivity index (χ0) is 14.0. The summed E-state index contributed by atoms with van der Waals surface area (Å²) in [6.45, 7) is 1.21. The van der Waals surface area contributed by atoms with Crippen molar-refractivity contribution in [1.29, 1.82) is 5.26 Å². The van der Waals surface area contributed by atoms with Gasteiger partial charge < -0.3 is 15.7 Å². The van der Waals surface area contributed by atoms with Crippen LogP contribution >= 0.6 is 11.8 Å². The molecule has 3 N–H and O–H groups in total. The van der Waals surface area contributed by atoms with E-state index in [4.69, 9.17) is 10.4 Å². The summed E-state index contributed by atoms with van der Waals surface area (Å²) in [6, 6.07) is 0.844. The topological polar surface area (TPSA) is 119 Å². The minimum absolute atomic E-state index is 0.0387. The van der Waals surface area contributed by atoms with Gasteiger partial charge in [0.1, 0.15) is 12.6 Å². The molecule has 0 bridgehead atoms. The SMILES string of the molecule is CC(=O)NC(CCSCC(=O)NCC#N)C(=O)O. The minimum Gasteiger partial charge on any atom is -0.480 e. The molecule has 0 aliphatic rings. The molecule has 0 heterocycles. The van der Waals surface area contributed by atoms with Gasteiger partial charge in [-0.15, -0.1) is 0 Å². The van der Waals surface area contributed by atoms with Gasteiger partial charge in [-0.3, -0.25) is 9.59 Å². The second-order valence-electron chi connectivity index (χ2n) is 3.37. The first-order valence-electron chi connectivity index (χ1n) is 5.18. The first kappa shape index (κ1) is 16.2. The summed E-state index contributed by atoms with van der Waals surface area (Å²) in [7, 11) is 0. The van der Waals surface area contributed by atoms with Crippen LogP contribution in [0.15, 0.2) is 0 Å². The van der Waals surface area contributed by atoms with Gasteiger partial charge in [0.2, 0.25) is 11.8 Å². The minimum atomic E-state index is -1.10. The quantitative estimate of drug-likeness (QED) is 0.399. The maximum atomic E-state index is 11.1. The number of aliphatic carboxylic acids is 1. The van der Waals surface area contributed by atoms with E-state index in [1.165, 1.54) is 18.7 Å². The number of carboxylic acid groups (broad SMARTS) is 1. The molecule has 2 amide bonds. The van der Waals surface area contributed by atoms with Gasteiger partial charge in [-0.2, -0.15) is 17.0 Å². The molecular formula is C10H15N3O4S. The number of nitriles is 1. The van der Waals surface area contributed by atoms with Crippen molar-refractivity contribution in [2.45, 2.75) is 19.4 Å². The third-order valence-corrected chi connectivity index (χ3v) is 2.81. The Balaban J connectivity index is 3.80. The van der Waals surface area contributed by atoms with Crippen LogP contribution in [0, 0.1) is 11.3 Å². The zero-order valence-corrected chi connectivity index (χ0v) is 10.7. The number of rotatable bonds is 8. The molecule has 0 fully saturated rings. The van der Waals surface area contributed by atoms with Gasteiger partial charge in [0.25, 0.3) is 0 Å². The fraction of sp³-hybridized carbons (Fsp3) is 0.600. The number of amides is 2. The van der Waals surface area contributed by atoms with E-state index in [9.17, 15) is 14.4 Å². The summed E-state index contributed by atoms with van der Waals surface area (Å²) < 4.78 is 0. The molecule has 0 aromatic carbocycles. The molecule has 8 heteroatoms. The van der Waals surface area contributed by atoms with Crippen molar-refractivity contribution in [1.82, 2.24) is 10.6 Å². The van der Waals surface area contributed by atoms with Gasteiger partial charge >= 0.3 is 5.97 Å². The summed E-state index contributed by atoms with van der Waals surface area (Å²) >= 11 is 1.25. The molecule has 7 nitrogen and oxygen atoms in total. The lowest BCUT2D eigenvalue weighted by Crippen LogP contribution is -2.40. The van der Waals surface area contributed by atoms with Gasteiger partial charge in [0.15, 0.2) is 0 Å². The van der Waals surface area contributed by atoms with Gasteiger partial charge in [-0.05, 0) is 12.2 Å². The Morgan fingerprint density at radius 1 is 1.44 bits per heavy atom. The average Bonchev–Trinajstić information content (AvgIpc) is 2.29. The lowest BCUT2D eigenvalue weighted by atomic mass is 10.2. The Labute approximate surface area is 109 Å². The van der Waals surface area contributed by atoms with E-state index in [-0.39, 0.29) is 24.6 Å². The predicted octanol–water partition coefficient (Wildman–Crippen LogP) is -0.661. The Kier molecular flexibility index (Phi) is 8.39. The van der Waals surface area contributed by atoms with Crippen molar-refractivity contribution in [2.24, 2.45) is 0 Å². The lowest BCUT2D eigenvalue weighted by molar-refractivity contribution is -0.141. The lowest BCUT2D eigenvalue weighted by Gasteiger charge is -2.12. The molecule has 0 saturated carbocycles. The third kappa shape index (κ3) is 8.41. The van der Waals surface area contributed by atoms with Crippen LogP contribution in [0.1, 0.15) is 13.3 Å². The molecule has 0 radical (unpaired) electrons. The fourth-order valence-corrected chi connectivity index (χ4v) is 1.89. The average molecular weight is 273 g/mol. The second-order valence-corrected chi connectivity index (χ2v) is 4.47. The van der Waals surface area contributed by atoms with Crippen molar-refractivity contribution in [3.05, 3.63) is 0 Å². The number of carboxylic acids is 1. The molecular weight excluding hydrogens is 258 g/mol. The number of nitrogens with one attached hydrogen (secondary N) is 2. The van der Waals surface area contributed by atoms with Crippen molar-refractivity contribution >= 4 is 29.5 Å². The van der Waals surface area contributed by atoms with Gasteiger partial charge in [-0.25, -0.2) is 4.79 Å². The molecule has 100 valence electrons. The van der Waals surface area contributed by atoms with Crippen LogP contribution in [0.2, 0.25) is 0 Å². The zero-order valence-electron chi connectivity index (χ0n) is 9.93. The monoisotopic (exact) mass is 273 g/mol. The van der Waals surface area contributed by atoms with Crippen molar-refractivity contribution in [3.8, 4) is 6.07 Å². The van der Waals surface area contributed by atoms with Crippen LogP contribution in [-0.2, 0) is 14.4 Å². The van der Waals surface area contributed by atoms with Crippen molar-refractivity contribution < 1.29 is 19.5 Å². The summed E-state index contributed by atoms with van der Waals surface area (Å²) in [5, 5.41) is 21.7. The number of hydrogen-bond donors (Lipinski definition) is 3. The van der Waals surface area contributed by atoms with E-state index in [1.807, 2.05) is 0 Å². The second kappa shape index (κ2) is 9.30. The Morgan fingerprint density at radius 2 is 2.11 bits per heavy atom. The first-order chi connectivity index (χ1) is 8.47. The van der Waals surface area contributed by atoms with Crippen LogP contribution < -0.4 is 10.6 Å². The van der Waals surface area contributed by atoms with E-state index in [2.05, 4.69) is 10.6 Å². The number of thioether (sulfide) groups is 1. The molecule has 0 aromatic rings. The summed E-state index contributed by atoms with van der Waals surface area (Å²) in [6.07, 6.45) is 0.241. The van der Waals surface area contributed by atoms with Crippen LogP contribution in [0.3, 0.4) is 0 Å².